The highest BCUT2D eigenvalue weighted by Crippen LogP contribution is 2.38. The number of rotatable bonds is 3. The lowest BCUT2D eigenvalue weighted by molar-refractivity contribution is -0.137. The molecule has 0 radical (unpaired) electrons. The van der Waals surface area contributed by atoms with Gasteiger partial charge in [-0.2, -0.15) is 13.2 Å². The summed E-state index contributed by atoms with van der Waals surface area (Å²) in [6.45, 7) is 7.41. The molecular formula is C22H31F3N2O2. The Morgan fingerprint density at radius 1 is 1.14 bits per heavy atom. The molecule has 0 aromatic heterocycles. The van der Waals surface area contributed by atoms with Crippen molar-refractivity contribution in [2.24, 2.45) is 0 Å². The zero-order valence-corrected chi connectivity index (χ0v) is 17.4. The van der Waals surface area contributed by atoms with Gasteiger partial charge in [0.2, 0.25) is 0 Å². The molecule has 1 saturated heterocycles. The lowest BCUT2D eigenvalue weighted by atomic mass is 9.78. The predicted molar refractivity (Wildman–Crippen MR) is 106 cm³/mol. The number of ether oxygens (including phenoxy) is 1. The SMILES string of the molecule is CC(C)(C)OC(=O)NC1CC[C@H](c2cccc(C(F)(F)F)c2)C[C@@H]1N1CCCC1. The van der Waals surface area contributed by atoms with Gasteiger partial charge in [-0.15, -0.1) is 0 Å². The van der Waals surface area contributed by atoms with Crippen LogP contribution in [0.2, 0.25) is 0 Å². The first-order chi connectivity index (χ1) is 13.5. The minimum atomic E-state index is -4.33. The summed E-state index contributed by atoms with van der Waals surface area (Å²) in [7, 11) is 0. The van der Waals surface area contributed by atoms with E-state index >= 15 is 0 Å². The Bertz CT molecular complexity index is 709. The van der Waals surface area contributed by atoms with Crippen molar-refractivity contribution in [3.05, 3.63) is 35.4 Å². The number of amides is 1. The molecule has 1 aliphatic heterocycles. The van der Waals surface area contributed by atoms with E-state index < -0.39 is 23.4 Å². The molecule has 1 N–H and O–H groups in total. The molecular weight excluding hydrogens is 381 g/mol. The minimum Gasteiger partial charge on any atom is -0.444 e. The van der Waals surface area contributed by atoms with Crippen molar-refractivity contribution < 1.29 is 22.7 Å². The second-order valence-electron chi connectivity index (χ2n) is 9.20. The lowest BCUT2D eigenvalue weighted by Gasteiger charge is -2.41. The van der Waals surface area contributed by atoms with E-state index in [-0.39, 0.29) is 18.0 Å². The van der Waals surface area contributed by atoms with Gasteiger partial charge in [0.25, 0.3) is 0 Å². The smallest absolute Gasteiger partial charge is 0.416 e. The molecule has 7 heteroatoms. The number of nitrogens with one attached hydrogen (secondary N) is 1. The van der Waals surface area contributed by atoms with Crippen LogP contribution in [-0.4, -0.2) is 41.8 Å². The quantitative estimate of drug-likeness (QED) is 0.730. The van der Waals surface area contributed by atoms with Crippen LogP contribution in [0.5, 0.6) is 0 Å². The third kappa shape index (κ3) is 5.87. The van der Waals surface area contributed by atoms with Gasteiger partial charge in [0.15, 0.2) is 0 Å². The largest absolute Gasteiger partial charge is 0.444 e. The van der Waals surface area contributed by atoms with Crippen LogP contribution in [0.4, 0.5) is 18.0 Å². The Morgan fingerprint density at radius 2 is 1.83 bits per heavy atom. The van der Waals surface area contributed by atoms with E-state index in [9.17, 15) is 18.0 Å². The van der Waals surface area contributed by atoms with Gasteiger partial charge < -0.3 is 10.1 Å². The average Bonchev–Trinajstić information content (AvgIpc) is 3.14. The maximum Gasteiger partial charge on any atom is 0.416 e. The first-order valence-electron chi connectivity index (χ1n) is 10.4. The molecule has 1 aromatic carbocycles. The molecule has 1 unspecified atom stereocenters. The van der Waals surface area contributed by atoms with Crippen LogP contribution in [0.1, 0.15) is 69.9 Å². The maximum atomic E-state index is 13.1. The van der Waals surface area contributed by atoms with Gasteiger partial charge in [-0.05, 0) is 83.5 Å². The summed E-state index contributed by atoms with van der Waals surface area (Å²) in [6.07, 6.45) is -0.327. The Kier molecular flexibility index (Phi) is 6.46. The van der Waals surface area contributed by atoms with E-state index in [1.165, 1.54) is 12.1 Å². The number of likely N-dealkylation sites (tertiary alicyclic amines) is 1. The number of halogens is 3. The van der Waals surface area contributed by atoms with Crippen molar-refractivity contribution >= 4 is 6.09 Å². The van der Waals surface area contributed by atoms with E-state index in [0.717, 1.165) is 56.8 Å². The van der Waals surface area contributed by atoms with E-state index in [4.69, 9.17) is 4.74 Å². The van der Waals surface area contributed by atoms with Crippen LogP contribution >= 0.6 is 0 Å². The molecule has 2 aliphatic rings. The highest BCUT2D eigenvalue weighted by atomic mass is 19.4. The van der Waals surface area contributed by atoms with Gasteiger partial charge in [-0.3, -0.25) is 4.90 Å². The van der Waals surface area contributed by atoms with Gasteiger partial charge in [0.1, 0.15) is 5.60 Å². The monoisotopic (exact) mass is 412 g/mol. The van der Waals surface area contributed by atoms with Gasteiger partial charge in [0, 0.05) is 12.1 Å². The van der Waals surface area contributed by atoms with Crippen molar-refractivity contribution in [1.29, 1.82) is 0 Å². The third-order valence-electron chi connectivity index (χ3n) is 5.81. The van der Waals surface area contributed by atoms with Gasteiger partial charge in [-0.1, -0.05) is 18.2 Å². The molecule has 3 atom stereocenters. The van der Waals surface area contributed by atoms with Crippen LogP contribution in [0.3, 0.4) is 0 Å². The van der Waals surface area contributed by atoms with Gasteiger partial charge in [-0.25, -0.2) is 4.79 Å². The van der Waals surface area contributed by atoms with E-state index in [1.54, 1.807) is 6.07 Å². The molecule has 2 fully saturated rings. The van der Waals surface area contributed by atoms with Crippen LogP contribution in [0.15, 0.2) is 24.3 Å². The van der Waals surface area contributed by atoms with E-state index in [1.807, 2.05) is 20.8 Å². The van der Waals surface area contributed by atoms with Crippen molar-refractivity contribution in [1.82, 2.24) is 10.2 Å². The Labute approximate surface area is 170 Å². The van der Waals surface area contributed by atoms with Gasteiger partial charge >= 0.3 is 12.3 Å². The molecule has 1 heterocycles. The number of carbonyl (C=O) groups excluding carboxylic acids is 1. The average molecular weight is 412 g/mol. The van der Waals surface area contributed by atoms with Crippen LogP contribution < -0.4 is 5.32 Å². The van der Waals surface area contributed by atoms with Crippen LogP contribution in [-0.2, 0) is 10.9 Å². The summed E-state index contributed by atoms with van der Waals surface area (Å²) >= 11 is 0. The van der Waals surface area contributed by atoms with E-state index in [0.29, 0.717) is 0 Å². The maximum absolute atomic E-state index is 13.1. The summed E-state index contributed by atoms with van der Waals surface area (Å²) in [4.78, 5) is 14.7. The van der Waals surface area contributed by atoms with E-state index in [2.05, 4.69) is 10.2 Å². The topological polar surface area (TPSA) is 41.6 Å². The van der Waals surface area contributed by atoms with Crippen molar-refractivity contribution in [3.8, 4) is 0 Å². The fourth-order valence-electron chi connectivity index (χ4n) is 4.52. The second-order valence-corrected chi connectivity index (χ2v) is 9.20. The second kappa shape index (κ2) is 8.54. The molecule has 29 heavy (non-hydrogen) atoms. The number of hydrogen-bond acceptors (Lipinski definition) is 3. The number of alkyl halides is 3. The highest BCUT2D eigenvalue weighted by Gasteiger charge is 2.38. The van der Waals surface area contributed by atoms with Crippen molar-refractivity contribution in [2.45, 2.75) is 82.7 Å². The fourth-order valence-corrected chi connectivity index (χ4v) is 4.52. The van der Waals surface area contributed by atoms with Crippen LogP contribution in [0, 0.1) is 0 Å². The summed E-state index contributed by atoms with van der Waals surface area (Å²) in [5.41, 5.74) is -0.427. The fraction of sp³-hybridized carbons (Fsp3) is 0.682. The Balaban J connectivity index is 1.74. The number of nitrogens with zero attached hydrogens (tertiary/aromatic N) is 1. The van der Waals surface area contributed by atoms with Crippen LogP contribution in [0.25, 0.3) is 0 Å². The zero-order valence-electron chi connectivity index (χ0n) is 17.4. The normalized spacial score (nSPS) is 26.3. The number of benzene rings is 1. The standard InChI is InChI=1S/C22H31F3N2O2/c1-21(2,3)29-20(28)26-18-10-9-16(14-19(18)27-11-4-5-12-27)15-7-6-8-17(13-15)22(23,24)25/h6-8,13,16,18-19H,4-5,9-12,14H2,1-3H3,(H,26,28)/t16-,18?,19-/m0/s1. The molecule has 3 rings (SSSR count). The first kappa shape index (κ1) is 21.9. The molecule has 1 saturated carbocycles. The Morgan fingerprint density at radius 3 is 2.45 bits per heavy atom. The lowest BCUT2D eigenvalue weighted by Crippen LogP contribution is -2.54. The third-order valence-corrected chi connectivity index (χ3v) is 5.81. The molecule has 1 amide bonds. The zero-order chi connectivity index (χ0) is 21.2. The van der Waals surface area contributed by atoms with Crippen molar-refractivity contribution in [3.63, 3.8) is 0 Å². The minimum absolute atomic E-state index is 0.0509. The number of hydrogen-bond donors (Lipinski definition) is 1. The van der Waals surface area contributed by atoms with Crippen molar-refractivity contribution in [2.75, 3.05) is 13.1 Å². The molecule has 4 nitrogen and oxygen atoms in total. The summed E-state index contributed by atoms with van der Waals surface area (Å²) in [5.74, 6) is 0.0552. The predicted octanol–water partition coefficient (Wildman–Crippen LogP) is 5.33. The highest BCUT2D eigenvalue weighted by molar-refractivity contribution is 5.68. The first-order valence-corrected chi connectivity index (χ1v) is 10.4. The summed E-state index contributed by atoms with van der Waals surface area (Å²) in [6, 6.07) is 5.75. The molecule has 162 valence electrons. The Hall–Kier alpha value is -1.76. The molecule has 1 aliphatic carbocycles. The van der Waals surface area contributed by atoms with Gasteiger partial charge in [0.05, 0.1) is 5.56 Å². The molecule has 1 aromatic rings. The number of carbonyl (C=O) groups is 1. The summed E-state index contributed by atoms with van der Waals surface area (Å²) < 4.78 is 44.8. The number of alkyl carbamates (subject to hydrolysis) is 1. The summed E-state index contributed by atoms with van der Waals surface area (Å²) in [5, 5.41) is 3.03. The molecule has 0 spiro atoms. The molecule has 0 bridgehead atoms.